The van der Waals surface area contributed by atoms with Gasteiger partial charge in [0.05, 0.1) is 7.11 Å². The Labute approximate surface area is 115 Å². The molecule has 3 rings (SSSR count). The van der Waals surface area contributed by atoms with Gasteiger partial charge in [0.25, 0.3) is 0 Å². The lowest BCUT2D eigenvalue weighted by Crippen LogP contribution is -1.92. The summed E-state index contributed by atoms with van der Waals surface area (Å²) in [5.41, 5.74) is 1.52. The molecule has 2 aromatic carbocycles. The fourth-order valence-corrected chi connectivity index (χ4v) is 2.27. The van der Waals surface area contributed by atoms with Crippen LogP contribution in [0.25, 0.3) is 21.9 Å². The van der Waals surface area contributed by atoms with Crippen LogP contribution in [-0.4, -0.2) is 17.2 Å². The summed E-state index contributed by atoms with van der Waals surface area (Å²) in [6, 6.07) is 11.2. The maximum Gasteiger partial charge on any atom is 0.221 e. The minimum Gasteiger partial charge on any atom is -0.507 e. The van der Waals surface area contributed by atoms with E-state index in [1.165, 1.54) is 19.2 Å². The van der Waals surface area contributed by atoms with Crippen molar-refractivity contribution < 1.29 is 14.2 Å². The van der Waals surface area contributed by atoms with Crippen molar-refractivity contribution >= 4 is 10.8 Å². The Morgan fingerprint density at radius 2 is 1.85 bits per heavy atom. The zero-order chi connectivity index (χ0) is 14.1. The van der Waals surface area contributed by atoms with E-state index in [0.29, 0.717) is 16.7 Å². The van der Waals surface area contributed by atoms with E-state index in [9.17, 15) is 9.50 Å². The van der Waals surface area contributed by atoms with Gasteiger partial charge in [-0.25, -0.2) is 9.37 Å². The Hall–Kier alpha value is -2.62. The van der Waals surface area contributed by atoms with Crippen molar-refractivity contribution in [1.29, 1.82) is 0 Å². The first-order chi connectivity index (χ1) is 9.70. The van der Waals surface area contributed by atoms with Crippen LogP contribution in [0.5, 0.6) is 11.6 Å². The van der Waals surface area contributed by atoms with Gasteiger partial charge in [0.2, 0.25) is 5.88 Å². The number of benzene rings is 2. The summed E-state index contributed by atoms with van der Waals surface area (Å²) in [4.78, 5) is 4.24. The molecule has 100 valence electrons. The highest BCUT2D eigenvalue weighted by atomic mass is 19.1. The second-order valence-electron chi connectivity index (χ2n) is 4.39. The van der Waals surface area contributed by atoms with Gasteiger partial charge in [0.1, 0.15) is 11.6 Å². The maximum atomic E-state index is 13.0. The van der Waals surface area contributed by atoms with E-state index in [0.717, 1.165) is 11.1 Å². The fourth-order valence-electron chi connectivity index (χ4n) is 2.27. The molecule has 3 aromatic rings. The van der Waals surface area contributed by atoms with Crippen LogP contribution in [0.1, 0.15) is 0 Å². The number of ether oxygens (including phenoxy) is 1. The maximum absolute atomic E-state index is 13.0. The molecule has 0 amide bonds. The van der Waals surface area contributed by atoms with Crippen molar-refractivity contribution in [3.8, 4) is 22.8 Å². The lowest BCUT2D eigenvalue weighted by Gasteiger charge is -2.11. The smallest absolute Gasteiger partial charge is 0.221 e. The molecule has 0 atom stereocenters. The van der Waals surface area contributed by atoms with Crippen LogP contribution in [0, 0.1) is 5.82 Å². The molecule has 0 bridgehead atoms. The number of aromatic nitrogens is 1. The molecule has 20 heavy (non-hydrogen) atoms. The lowest BCUT2D eigenvalue weighted by molar-refractivity contribution is 0.403. The van der Waals surface area contributed by atoms with E-state index < -0.39 is 0 Å². The van der Waals surface area contributed by atoms with Gasteiger partial charge in [0.15, 0.2) is 0 Å². The molecular formula is C16H12FNO2. The largest absolute Gasteiger partial charge is 0.507 e. The summed E-state index contributed by atoms with van der Waals surface area (Å²) in [6.07, 6.45) is 1.62. The molecule has 4 heteroatoms. The number of rotatable bonds is 2. The van der Waals surface area contributed by atoms with Gasteiger partial charge in [-0.05, 0) is 29.8 Å². The normalized spacial score (nSPS) is 10.7. The van der Waals surface area contributed by atoms with Gasteiger partial charge in [-0.1, -0.05) is 18.2 Å². The van der Waals surface area contributed by atoms with E-state index in [-0.39, 0.29) is 11.6 Å². The Balaban J connectivity index is 2.34. The highest BCUT2D eigenvalue weighted by Crippen LogP contribution is 2.37. The predicted octanol–water partition coefficient (Wildman–Crippen LogP) is 3.76. The molecule has 3 nitrogen and oxygen atoms in total. The summed E-state index contributed by atoms with van der Waals surface area (Å²) in [5.74, 6) is 0.285. The van der Waals surface area contributed by atoms with Gasteiger partial charge < -0.3 is 9.84 Å². The number of halogens is 1. The average Bonchev–Trinajstić information content (AvgIpc) is 2.47. The first-order valence-electron chi connectivity index (χ1n) is 6.11. The summed E-state index contributed by atoms with van der Waals surface area (Å²) in [6.45, 7) is 0. The number of phenolic OH excluding ortho intramolecular Hbond substituents is 1. The molecule has 0 fully saturated rings. The molecule has 1 heterocycles. The van der Waals surface area contributed by atoms with Crippen LogP contribution < -0.4 is 4.74 Å². The minimum absolute atomic E-state index is 0.141. The van der Waals surface area contributed by atoms with Gasteiger partial charge in [-0.15, -0.1) is 0 Å². The molecule has 0 aliphatic rings. The molecular weight excluding hydrogens is 257 g/mol. The summed E-state index contributed by atoms with van der Waals surface area (Å²) in [5, 5.41) is 11.5. The molecule has 0 saturated carbocycles. The zero-order valence-electron chi connectivity index (χ0n) is 10.8. The Morgan fingerprint density at radius 3 is 2.55 bits per heavy atom. The monoisotopic (exact) mass is 269 g/mol. The SMILES string of the molecule is COc1ncc(-c2ccc(F)cc2)c2c(O)cccc12. The van der Waals surface area contributed by atoms with Crippen LogP contribution in [0.3, 0.4) is 0 Å². The van der Waals surface area contributed by atoms with E-state index in [4.69, 9.17) is 4.74 Å². The minimum atomic E-state index is -0.302. The molecule has 0 unspecified atom stereocenters. The van der Waals surface area contributed by atoms with E-state index in [2.05, 4.69) is 4.98 Å². The number of pyridine rings is 1. The second kappa shape index (κ2) is 4.81. The number of aromatic hydroxyl groups is 1. The molecule has 1 aromatic heterocycles. The average molecular weight is 269 g/mol. The number of nitrogens with zero attached hydrogens (tertiary/aromatic N) is 1. The third kappa shape index (κ3) is 1.95. The number of hydrogen-bond donors (Lipinski definition) is 1. The standard InChI is InChI=1S/C16H12FNO2/c1-20-16-12-3-2-4-14(19)15(12)13(9-18-16)10-5-7-11(17)8-6-10/h2-9,19H,1H3. The molecule has 0 saturated heterocycles. The predicted molar refractivity (Wildman–Crippen MR) is 75.4 cm³/mol. The van der Waals surface area contributed by atoms with Crippen LogP contribution in [0.15, 0.2) is 48.7 Å². The van der Waals surface area contributed by atoms with Gasteiger partial charge in [0, 0.05) is 22.5 Å². The lowest BCUT2D eigenvalue weighted by atomic mass is 10.00. The van der Waals surface area contributed by atoms with Crippen molar-refractivity contribution in [3.63, 3.8) is 0 Å². The second-order valence-corrected chi connectivity index (χ2v) is 4.39. The summed E-state index contributed by atoms with van der Waals surface area (Å²) in [7, 11) is 1.53. The number of methoxy groups -OCH3 is 1. The third-order valence-corrected chi connectivity index (χ3v) is 3.20. The Bertz CT molecular complexity index is 769. The highest BCUT2D eigenvalue weighted by Gasteiger charge is 2.12. The Morgan fingerprint density at radius 1 is 1.10 bits per heavy atom. The van der Waals surface area contributed by atoms with Crippen molar-refractivity contribution in [3.05, 3.63) is 54.5 Å². The van der Waals surface area contributed by atoms with Crippen molar-refractivity contribution in [2.45, 2.75) is 0 Å². The van der Waals surface area contributed by atoms with E-state index in [1.54, 1.807) is 30.5 Å². The molecule has 0 aliphatic carbocycles. The zero-order valence-corrected chi connectivity index (χ0v) is 10.8. The molecule has 1 N–H and O–H groups in total. The van der Waals surface area contributed by atoms with Crippen LogP contribution in [0.2, 0.25) is 0 Å². The number of hydrogen-bond acceptors (Lipinski definition) is 3. The number of phenols is 1. The molecule has 0 spiro atoms. The van der Waals surface area contributed by atoms with E-state index >= 15 is 0 Å². The topological polar surface area (TPSA) is 42.4 Å². The van der Waals surface area contributed by atoms with Gasteiger partial charge >= 0.3 is 0 Å². The van der Waals surface area contributed by atoms with Crippen molar-refractivity contribution in [1.82, 2.24) is 4.98 Å². The van der Waals surface area contributed by atoms with Crippen molar-refractivity contribution in [2.75, 3.05) is 7.11 Å². The van der Waals surface area contributed by atoms with E-state index in [1.807, 2.05) is 6.07 Å². The summed E-state index contributed by atoms with van der Waals surface area (Å²) >= 11 is 0. The van der Waals surface area contributed by atoms with Crippen molar-refractivity contribution in [2.24, 2.45) is 0 Å². The molecule has 0 radical (unpaired) electrons. The van der Waals surface area contributed by atoms with Crippen LogP contribution in [0.4, 0.5) is 4.39 Å². The highest BCUT2D eigenvalue weighted by molar-refractivity contribution is 6.02. The van der Waals surface area contributed by atoms with Crippen LogP contribution in [-0.2, 0) is 0 Å². The quantitative estimate of drug-likeness (QED) is 0.770. The van der Waals surface area contributed by atoms with Gasteiger partial charge in [-0.2, -0.15) is 0 Å². The molecule has 0 aliphatic heterocycles. The fraction of sp³-hybridized carbons (Fsp3) is 0.0625. The first kappa shape index (κ1) is 12.4. The van der Waals surface area contributed by atoms with Gasteiger partial charge in [-0.3, -0.25) is 0 Å². The third-order valence-electron chi connectivity index (χ3n) is 3.20. The summed E-state index contributed by atoms with van der Waals surface area (Å²) < 4.78 is 18.2. The number of fused-ring (bicyclic) bond motifs is 1. The Kier molecular flexibility index (Phi) is 2.99. The van der Waals surface area contributed by atoms with Crippen LogP contribution >= 0.6 is 0 Å². The first-order valence-corrected chi connectivity index (χ1v) is 6.11.